The molecule has 3 aromatic carbocycles. The van der Waals surface area contributed by atoms with Crippen molar-refractivity contribution in [1.82, 2.24) is 0 Å². The van der Waals surface area contributed by atoms with Crippen molar-refractivity contribution in [1.29, 1.82) is 0 Å². The molecule has 0 heterocycles. The zero-order valence-corrected chi connectivity index (χ0v) is 17.0. The first-order valence-electron chi connectivity index (χ1n) is 9.69. The summed E-state index contributed by atoms with van der Waals surface area (Å²) in [5.41, 5.74) is 0.414. The molecular formula is C24H16F8O. The highest BCUT2D eigenvalue weighted by Gasteiger charge is 2.33. The molecule has 0 spiro atoms. The molecule has 0 unspecified atom stereocenters. The maximum atomic E-state index is 14.7. The molecule has 1 nitrogen and oxygen atoms in total. The van der Waals surface area contributed by atoms with Gasteiger partial charge in [-0.2, -0.15) is 17.6 Å². The molecule has 33 heavy (non-hydrogen) atoms. The predicted octanol–water partition coefficient (Wildman–Crippen LogP) is 8.28. The maximum Gasteiger partial charge on any atom is 0.425 e. The Morgan fingerprint density at radius 3 is 1.88 bits per heavy atom. The molecule has 9 heteroatoms. The molecule has 0 N–H and O–H groups in total. The standard InChI is InChI=1S/C24H16F8O/c1-2-3-13-4-6-16(18(25)8-13)14-5-7-17(19(26)9-14)15-10-20(27)23(21(28)11-15)33-24(31,32)12-22(29)30/h4-12H,2-3H2,1H3. The van der Waals surface area contributed by atoms with E-state index in [1.807, 2.05) is 6.92 Å². The molecule has 0 bridgehead atoms. The van der Waals surface area contributed by atoms with Crippen LogP contribution in [0.1, 0.15) is 18.9 Å². The molecule has 0 aromatic heterocycles. The van der Waals surface area contributed by atoms with Crippen molar-refractivity contribution in [3.63, 3.8) is 0 Å². The SMILES string of the molecule is CCCc1ccc(-c2ccc(-c3cc(F)c(OC(F)(F)C=C(F)F)c(F)c3)c(F)c2)c(F)c1. The molecule has 174 valence electrons. The summed E-state index contributed by atoms with van der Waals surface area (Å²) >= 11 is 0. The van der Waals surface area contributed by atoms with Crippen LogP contribution >= 0.6 is 0 Å². The Morgan fingerprint density at radius 2 is 1.33 bits per heavy atom. The number of aryl methyl sites for hydroxylation is 1. The van der Waals surface area contributed by atoms with E-state index in [1.54, 1.807) is 6.07 Å². The lowest BCUT2D eigenvalue weighted by Gasteiger charge is -2.16. The first-order chi connectivity index (χ1) is 15.5. The van der Waals surface area contributed by atoms with Crippen LogP contribution in [0.4, 0.5) is 35.1 Å². The average Bonchev–Trinajstić information content (AvgIpc) is 2.70. The fourth-order valence-corrected chi connectivity index (χ4v) is 3.26. The molecule has 0 radical (unpaired) electrons. The Hall–Kier alpha value is -3.36. The fraction of sp³-hybridized carbons (Fsp3) is 0.167. The third kappa shape index (κ3) is 5.71. The van der Waals surface area contributed by atoms with Gasteiger partial charge in [-0.1, -0.05) is 37.6 Å². The van der Waals surface area contributed by atoms with Crippen molar-refractivity contribution in [3.05, 3.63) is 89.5 Å². The van der Waals surface area contributed by atoms with Gasteiger partial charge >= 0.3 is 6.11 Å². The Kier molecular flexibility index (Phi) is 7.09. The second-order valence-electron chi connectivity index (χ2n) is 7.13. The second kappa shape index (κ2) is 9.64. The number of hydrogen-bond donors (Lipinski definition) is 0. The van der Waals surface area contributed by atoms with Crippen LogP contribution in [0.5, 0.6) is 5.75 Å². The van der Waals surface area contributed by atoms with Gasteiger partial charge in [-0.3, -0.25) is 0 Å². The van der Waals surface area contributed by atoms with Crippen LogP contribution in [-0.2, 0) is 6.42 Å². The minimum atomic E-state index is -4.67. The van der Waals surface area contributed by atoms with Gasteiger partial charge in [0.05, 0.1) is 6.08 Å². The van der Waals surface area contributed by atoms with Crippen molar-refractivity contribution in [2.45, 2.75) is 25.9 Å². The van der Waals surface area contributed by atoms with Crippen LogP contribution < -0.4 is 4.74 Å². The summed E-state index contributed by atoms with van der Waals surface area (Å²) in [6.07, 6.45) is -6.90. The highest BCUT2D eigenvalue weighted by molar-refractivity contribution is 5.72. The third-order valence-electron chi connectivity index (χ3n) is 4.68. The largest absolute Gasteiger partial charge is 0.425 e. The van der Waals surface area contributed by atoms with Crippen molar-refractivity contribution in [2.75, 3.05) is 0 Å². The van der Waals surface area contributed by atoms with Crippen molar-refractivity contribution >= 4 is 0 Å². The molecular weight excluding hydrogens is 456 g/mol. The van der Waals surface area contributed by atoms with Gasteiger partial charge in [0, 0.05) is 11.1 Å². The lowest BCUT2D eigenvalue weighted by molar-refractivity contribution is -0.137. The number of ether oxygens (including phenoxy) is 1. The van der Waals surface area contributed by atoms with Gasteiger partial charge in [-0.05, 0) is 47.4 Å². The zero-order valence-electron chi connectivity index (χ0n) is 17.0. The van der Waals surface area contributed by atoms with Crippen LogP contribution in [0.25, 0.3) is 22.3 Å². The topological polar surface area (TPSA) is 9.23 Å². The normalized spacial score (nSPS) is 11.4. The van der Waals surface area contributed by atoms with E-state index in [1.165, 1.54) is 18.2 Å². The van der Waals surface area contributed by atoms with Crippen molar-refractivity contribution in [3.8, 4) is 28.0 Å². The summed E-state index contributed by atoms with van der Waals surface area (Å²) in [5, 5.41) is 0. The molecule has 0 saturated heterocycles. The van der Waals surface area contributed by atoms with Gasteiger partial charge in [0.2, 0.25) is 0 Å². The predicted molar refractivity (Wildman–Crippen MR) is 107 cm³/mol. The van der Waals surface area contributed by atoms with E-state index in [2.05, 4.69) is 4.74 Å². The highest BCUT2D eigenvalue weighted by Crippen LogP contribution is 2.35. The Labute approximate surface area is 183 Å². The van der Waals surface area contributed by atoms with Gasteiger partial charge in [0.1, 0.15) is 11.6 Å². The molecule has 0 amide bonds. The first-order valence-corrected chi connectivity index (χ1v) is 9.69. The van der Waals surface area contributed by atoms with Crippen LogP contribution in [0, 0.1) is 23.3 Å². The lowest BCUT2D eigenvalue weighted by atomic mass is 9.97. The quantitative estimate of drug-likeness (QED) is 0.315. The van der Waals surface area contributed by atoms with E-state index >= 15 is 0 Å². The summed E-state index contributed by atoms with van der Waals surface area (Å²) in [4.78, 5) is 0. The average molecular weight is 472 g/mol. The fourth-order valence-electron chi connectivity index (χ4n) is 3.26. The first kappa shape index (κ1) is 24.3. The minimum Gasteiger partial charge on any atom is -0.423 e. The van der Waals surface area contributed by atoms with Gasteiger partial charge < -0.3 is 4.74 Å². The Bertz CT molecular complexity index is 1180. The van der Waals surface area contributed by atoms with Gasteiger partial charge in [0.15, 0.2) is 17.4 Å². The van der Waals surface area contributed by atoms with E-state index in [0.29, 0.717) is 18.6 Å². The van der Waals surface area contributed by atoms with Gasteiger partial charge in [0.25, 0.3) is 6.08 Å². The molecule has 3 rings (SSSR count). The number of rotatable bonds is 7. The molecule has 0 atom stereocenters. The van der Waals surface area contributed by atoms with E-state index in [0.717, 1.165) is 24.1 Å². The van der Waals surface area contributed by atoms with Crippen molar-refractivity contribution < 1.29 is 39.9 Å². The molecule has 0 aliphatic heterocycles. The summed E-state index contributed by atoms with van der Waals surface area (Å²) in [5.74, 6) is -6.43. The molecule has 3 aromatic rings. The highest BCUT2D eigenvalue weighted by atomic mass is 19.3. The summed E-state index contributed by atoms with van der Waals surface area (Å²) in [6.45, 7) is 1.94. The molecule has 0 aliphatic carbocycles. The summed E-state index contributed by atoms with van der Waals surface area (Å²) in [7, 11) is 0. The van der Waals surface area contributed by atoms with Crippen molar-refractivity contribution in [2.24, 2.45) is 0 Å². The van der Waals surface area contributed by atoms with Crippen LogP contribution in [-0.4, -0.2) is 6.11 Å². The molecule has 0 saturated carbocycles. The van der Waals surface area contributed by atoms with Gasteiger partial charge in [-0.15, -0.1) is 0 Å². The third-order valence-corrected chi connectivity index (χ3v) is 4.68. The maximum absolute atomic E-state index is 14.7. The summed E-state index contributed by atoms with van der Waals surface area (Å²) in [6, 6.07) is 9.02. The summed E-state index contributed by atoms with van der Waals surface area (Å²) < 4.78 is 112. The number of hydrogen-bond acceptors (Lipinski definition) is 1. The van der Waals surface area contributed by atoms with E-state index in [9.17, 15) is 35.1 Å². The molecule has 0 aliphatic rings. The van der Waals surface area contributed by atoms with E-state index < -0.39 is 47.3 Å². The number of halogens is 8. The van der Waals surface area contributed by atoms with Crippen LogP contribution in [0.2, 0.25) is 0 Å². The van der Waals surface area contributed by atoms with E-state index in [4.69, 9.17) is 0 Å². The minimum absolute atomic E-state index is 0.122. The van der Waals surface area contributed by atoms with Crippen LogP contribution in [0.15, 0.2) is 60.7 Å². The smallest absolute Gasteiger partial charge is 0.423 e. The monoisotopic (exact) mass is 472 g/mol. The number of alkyl halides is 2. The second-order valence-corrected chi connectivity index (χ2v) is 7.13. The van der Waals surface area contributed by atoms with E-state index in [-0.39, 0.29) is 22.3 Å². The molecule has 0 fully saturated rings. The number of benzene rings is 3. The zero-order chi connectivity index (χ0) is 24.3. The lowest BCUT2D eigenvalue weighted by Crippen LogP contribution is -2.23. The Morgan fingerprint density at radius 1 is 0.788 bits per heavy atom. The van der Waals surface area contributed by atoms with Crippen LogP contribution in [0.3, 0.4) is 0 Å². The Balaban J connectivity index is 1.94. The van der Waals surface area contributed by atoms with Gasteiger partial charge in [-0.25, -0.2) is 17.6 Å².